The van der Waals surface area contributed by atoms with Crippen LogP contribution in [0.25, 0.3) is 0 Å². The maximum atomic E-state index is 5.49. The van der Waals surface area contributed by atoms with Crippen LogP contribution in [-0.2, 0) is 6.54 Å². The summed E-state index contributed by atoms with van der Waals surface area (Å²) < 4.78 is 5.49. The fourth-order valence-electron chi connectivity index (χ4n) is 1.80. The van der Waals surface area contributed by atoms with Crippen LogP contribution in [0, 0.1) is 19.8 Å². The molecule has 1 fully saturated rings. The summed E-state index contributed by atoms with van der Waals surface area (Å²) in [4.78, 5) is 4.34. The molecule has 1 aromatic heterocycles. The van der Waals surface area contributed by atoms with Gasteiger partial charge in [-0.3, -0.25) is 0 Å². The third kappa shape index (κ3) is 1.82. The Hall–Kier alpha value is -0.830. The van der Waals surface area contributed by atoms with Crippen molar-refractivity contribution in [1.29, 1.82) is 0 Å². The van der Waals surface area contributed by atoms with E-state index in [1.165, 1.54) is 12.8 Å². The van der Waals surface area contributed by atoms with Gasteiger partial charge in [0.25, 0.3) is 0 Å². The average Bonchev–Trinajstić information content (AvgIpc) is 2.44. The summed E-state index contributed by atoms with van der Waals surface area (Å²) in [5, 5.41) is 3.47. The molecular weight excluding hydrogens is 176 g/mol. The van der Waals surface area contributed by atoms with Crippen LogP contribution in [0.4, 0.5) is 0 Å². The molecule has 0 radical (unpaired) electrons. The van der Waals surface area contributed by atoms with Gasteiger partial charge in [-0.1, -0.05) is 6.92 Å². The zero-order chi connectivity index (χ0) is 10.1. The third-order valence-electron chi connectivity index (χ3n) is 3.21. The first-order valence-corrected chi connectivity index (χ1v) is 5.33. The summed E-state index contributed by atoms with van der Waals surface area (Å²) >= 11 is 0. The molecule has 1 aromatic rings. The first kappa shape index (κ1) is 9.71. The van der Waals surface area contributed by atoms with Gasteiger partial charge < -0.3 is 9.73 Å². The van der Waals surface area contributed by atoms with Gasteiger partial charge in [0.1, 0.15) is 5.76 Å². The Bertz CT molecular complexity index is 300. The van der Waals surface area contributed by atoms with E-state index in [0.29, 0.717) is 6.04 Å². The Kier molecular flexibility index (Phi) is 2.59. The molecule has 1 saturated carbocycles. The fourth-order valence-corrected chi connectivity index (χ4v) is 1.80. The molecule has 0 spiro atoms. The molecule has 1 aliphatic rings. The van der Waals surface area contributed by atoms with Gasteiger partial charge in [0.2, 0.25) is 5.89 Å². The molecule has 1 heterocycles. The van der Waals surface area contributed by atoms with E-state index in [1.807, 2.05) is 13.8 Å². The van der Waals surface area contributed by atoms with E-state index in [0.717, 1.165) is 29.8 Å². The molecule has 1 aliphatic carbocycles. The largest absolute Gasteiger partial charge is 0.444 e. The van der Waals surface area contributed by atoms with E-state index in [-0.39, 0.29) is 0 Å². The minimum absolute atomic E-state index is 0.669. The predicted octanol–water partition coefficient (Wildman–Crippen LogP) is 2.18. The first-order valence-electron chi connectivity index (χ1n) is 5.33. The maximum Gasteiger partial charge on any atom is 0.208 e. The van der Waals surface area contributed by atoms with Crippen molar-refractivity contribution in [3.63, 3.8) is 0 Å². The Balaban J connectivity index is 1.85. The van der Waals surface area contributed by atoms with E-state index < -0.39 is 0 Å². The average molecular weight is 194 g/mol. The minimum Gasteiger partial charge on any atom is -0.444 e. The lowest BCUT2D eigenvalue weighted by Gasteiger charge is -2.34. The van der Waals surface area contributed by atoms with Crippen molar-refractivity contribution in [2.45, 2.75) is 46.2 Å². The molecule has 2 atom stereocenters. The number of rotatable bonds is 3. The predicted molar refractivity (Wildman–Crippen MR) is 55.0 cm³/mol. The van der Waals surface area contributed by atoms with Crippen molar-refractivity contribution in [1.82, 2.24) is 10.3 Å². The van der Waals surface area contributed by atoms with Crippen molar-refractivity contribution in [3.05, 3.63) is 17.3 Å². The molecule has 0 aromatic carbocycles. The zero-order valence-corrected chi connectivity index (χ0v) is 9.13. The number of hydrogen-bond donors (Lipinski definition) is 1. The van der Waals surface area contributed by atoms with E-state index in [1.54, 1.807) is 0 Å². The molecule has 0 saturated heterocycles. The molecule has 3 nitrogen and oxygen atoms in total. The molecule has 0 aliphatic heterocycles. The summed E-state index contributed by atoms with van der Waals surface area (Å²) in [7, 11) is 0. The van der Waals surface area contributed by atoms with Crippen LogP contribution in [0.1, 0.15) is 37.1 Å². The number of oxazole rings is 1. The molecule has 0 amide bonds. The van der Waals surface area contributed by atoms with Gasteiger partial charge in [0.05, 0.1) is 12.2 Å². The van der Waals surface area contributed by atoms with E-state index in [4.69, 9.17) is 4.42 Å². The van der Waals surface area contributed by atoms with Crippen LogP contribution < -0.4 is 5.32 Å². The van der Waals surface area contributed by atoms with Gasteiger partial charge in [0.15, 0.2) is 0 Å². The maximum absolute atomic E-state index is 5.49. The lowest BCUT2D eigenvalue weighted by molar-refractivity contribution is 0.222. The SMILES string of the molecule is Cc1nc(CNC2CCC2C)oc1C. The Labute approximate surface area is 84.9 Å². The van der Waals surface area contributed by atoms with Crippen molar-refractivity contribution in [2.75, 3.05) is 0 Å². The number of hydrogen-bond acceptors (Lipinski definition) is 3. The standard InChI is InChI=1S/C11H18N2O/c1-7-4-5-10(7)12-6-11-13-8(2)9(3)14-11/h7,10,12H,4-6H2,1-3H3. The number of nitrogens with one attached hydrogen (secondary N) is 1. The minimum atomic E-state index is 0.669. The van der Waals surface area contributed by atoms with Crippen LogP contribution in [0.3, 0.4) is 0 Å². The number of aryl methyl sites for hydroxylation is 2. The van der Waals surface area contributed by atoms with Gasteiger partial charge >= 0.3 is 0 Å². The number of aromatic nitrogens is 1. The molecule has 2 unspecified atom stereocenters. The van der Waals surface area contributed by atoms with Gasteiger partial charge in [0, 0.05) is 6.04 Å². The third-order valence-corrected chi connectivity index (χ3v) is 3.21. The van der Waals surface area contributed by atoms with Crippen LogP contribution in [0.5, 0.6) is 0 Å². The highest BCUT2D eigenvalue weighted by Gasteiger charge is 2.26. The molecular formula is C11H18N2O. The highest BCUT2D eigenvalue weighted by atomic mass is 16.4. The van der Waals surface area contributed by atoms with Gasteiger partial charge in [-0.25, -0.2) is 4.98 Å². The van der Waals surface area contributed by atoms with Crippen molar-refractivity contribution < 1.29 is 4.42 Å². The van der Waals surface area contributed by atoms with Crippen LogP contribution in [0.2, 0.25) is 0 Å². The van der Waals surface area contributed by atoms with Crippen LogP contribution >= 0.6 is 0 Å². The van der Waals surface area contributed by atoms with Crippen molar-refractivity contribution in [2.24, 2.45) is 5.92 Å². The lowest BCUT2D eigenvalue weighted by atomic mass is 9.81. The van der Waals surface area contributed by atoms with Crippen molar-refractivity contribution >= 4 is 0 Å². The van der Waals surface area contributed by atoms with Gasteiger partial charge in [-0.05, 0) is 32.6 Å². The van der Waals surface area contributed by atoms with Crippen LogP contribution in [0.15, 0.2) is 4.42 Å². The second kappa shape index (κ2) is 3.73. The molecule has 0 bridgehead atoms. The smallest absolute Gasteiger partial charge is 0.208 e. The zero-order valence-electron chi connectivity index (χ0n) is 9.13. The molecule has 2 rings (SSSR count). The Morgan fingerprint density at radius 1 is 1.43 bits per heavy atom. The lowest BCUT2D eigenvalue weighted by Crippen LogP contribution is -2.41. The fraction of sp³-hybridized carbons (Fsp3) is 0.727. The number of nitrogens with zero attached hydrogens (tertiary/aromatic N) is 1. The van der Waals surface area contributed by atoms with E-state index >= 15 is 0 Å². The highest BCUT2D eigenvalue weighted by molar-refractivity contribution is 5.05. The monoisotopic (exact) mass is 194 g/mol. The first-order chi connectivity index (χ1) is 6.66. The summed E-state index contributed by atoms with van der Waals surface area (Å²) in [5.41, 5.74) is 1.00. The van der Waals surface area contributed by atoms with Crippen molar-refractivity contribution in [3.8, 4) is 0 Å². The molecule has 78 valence electrons. The van der Waals surface area contributed by atoms with E-state index in [2.05, 4.69) is 17.2 Å². The molecule has 1 N–H and O–H groups in total. The Morgan fingerprint density at radius 3 is 2.64 bits per heavy atom. The normalized spacial score (nSPS) is 26.2. The summed E-state index contributed by atoms with van der Waals surface area (Å²) in [6.45, 7) is 6.99. The molecule has 3 heteroatoms. The highest BCUT2D eigenvalue weighted by Crippen LogP contribution is 2.26. The topological polar surface area (TPSA) is 38.1 Å². The summed E-state index contributed by atoms with van der Waals surface area (Å²) in [6, 6.07) is 0.669. The summed E-state index contributed by atoms with van der Waals surface area (Å²) in [6.07, 6.45) is 2.64. The van der Waals surface area contributed by atoms with Gasteiger partial charge in [-0.15, -0.1) is 0 Å². The van der Waals surface area contributed by atoms with Crippen LogP contribution in [-0.4, -0.2) is 11.0 Å². The quantitative estimate of drug-likeness (QED) is 0.801. The van der Waals surface area contributed by atoms with Gasteiger partial charge in [-0.2, -0.15) is 0 Å². The molecule has 14 heavy (non-hydrogen) atoms. The Morgan fingerprint density at radius 2 is 2.21 bits per heavy atom. The van der Waals surface area contributed by atoms with E-state index in [9.17, 15) is 0 Å². The summed E-state index contributed by atoms with van der Waals surface area (Å²) in [5.74, 6) is 2.56. The second-order valence-electron chi connectivity index (χ2n) is 4.29. The second-order valence-corrected chi connectivity index (χ2v) is 4.29.